The molecule has 40 heavy (non-hydrogen) atoms. The van der Waals surface area contributed by atoms with Crippen molar-refractivity contribution in [1.82, 2.24) is 19.6 Å². The Bertz CT molecular complexity index is 977. The molecule has 0 aromatic heterocycles. The highest BCUT2D eigenvalue weighted by molar-refractivity contribution is 5.72. The molecule has 0 saturated carbocycles. The van der Waals surface area contributed by atoms with Gasteiger partial charge in [-0.25, -0.2) is 0 Å². The molecule has 15 heteroatoms. The number of hydrogen-bond donors (Lipinski definition) is 3. The maximum atomic E-state index is 11.6. The molecule has 1 fully saturated rings. The van der Waals surface area contributed by atoms with Gasteiger partial charge in [-0.2, -0.15) is 0 Å². The van der Waals surface area contributed by atoms with Crippen molar-refractivity contribution in [2.24, 2.45) is 0 Å². The predicted octanol–water partition coefficient (Wildman–Crippen LogP) is -0.108. The van der Waals surface area contributed by atoms with Crippen molar-refractivity contribution >= 4 is 30.1 Å². The lowest BCUT2D eigenvalue weighted by Gasteiger charge is -2.35. The Morgan fingerprint density at radius 3 is 1.98 bits per heavy atom. The van der Waals surface area contributed by atoms with Crippen LogP contribution in [0, 0.1) is 10.1 Å². The SMILES string of the molecule is O=COCN1CCN(CC(=O)O)CCN(CC(CCCc2ccc([N+](=O)[O-])cc2)N(CC(=O)O)CC(=O)O)CC1. The zero-order valence-corrected chi connectivity index (χ0v) is 22.3. The van der Waals surface area contributed by atoms with Crippen LogP contribution in [0.5, 0.6) is 0 Å². The van der Waals surface area contributed by atoms with Gasteiger partial charge in [0.05, 0.1) is 24.6 Å². The van der Waals surface area contributed by atoms with Crippen molar-refractivity contribution in [2.45, 2.75) is 25.3 Å². The van der Waals surface area contributed by atoms with Gasteiger partial charge in [-0.1, -0.05) is 12.1 Å². The zero-order chi connectivity index (χ0) is 29.5. The van der Waals surface area contributed by atoms with Gasteiger partial charge in [0.2, 0.25) is 0 Å². The third-order valence-electron chi connectivity index (χ3n) is 6.69. The summed E-state index contributed by atoms with van der Waals surface area (Å²) in [6, 6.07) is 5.71. The maximum absolute atomic E-state index is 11.6. The molecule has 1 aromatic rings. The first-order valence-electron chi connectivity index (χ1n) is 12.9. The molecule has 222 valence electrons. The Morgan fingerprint density at radius 2 is 1.48 bits per heavy atom. The molecule has 1 heterocycles. The molecule has 1 aromatic carbocycles. The number of carbonyl (C=O) groups excluding carboxylic acids is 1. The number of carboxylic acids is 3. The molecule has 1 atom stereocenters. The number of nitro benzene ring substituents is 1. The van der Waals surface area contributed by atoms with Crippen LogP contribution in [0.25, 0.3) is 0 Å². The van der Waals surface area contributed by atoms with E-state index in [1.54, 1.807) is 17.0 Å². The molecule has 1 aliphatic rings. The summed E-state index contributed by atoms with van der Waals surface area (Å²) in [5, 5.41) is 39.1. The first-order chi connectivity index (χ1) is 19.1. The van der Waals surface area contributed by atoms with Gasteiger partial charge in [0.1, 0.15) is 6.73 Å². The molecule has 3 N–H and O–H groups in total. The van der Waals surface area contributed by atoms with E-state index in [1.807, 2.05) is 9.80 Å². The summed E-state index contributed by atoms with van der Waals surface area (Å²) >= 11 is 0. The summed E-state index contributed by atoms with van der Waals surface area (Å²) in [4.78, 5) is 62.8. The van der Waals surface area contributed by atoms with E-state index in [0.717, 1.165) is 5.56 Å². The minimum Gasteiger partial charge on any atom is -0.480 e. The summed E-state index contributed by atoms with van der Waals surface area (Å²) in [5.41, 5.74) is 0.846. The van der Waals surface area contributed by atoms with Gasteiger partial charge in [0, 0.05) is 64.0 Å². The molecule has 0 spiro atoms. The van der Waals surface area contributed by atoms with Gasteiger partial charge < -0.3 is 20.1 Å². The molecular formula is C25H37N5O10. The Morgan fingerprint density at radius 1 is 0.925 bits per heavy atom. The number of aliphatic carboxylic acids is 3. The van der Waals surface area contributed by atoms with E-state index >= 15 is 0 Å². The summed E-state index contributed by atoms with van der Waals surface area (Å²) in [6.07, 6.45) is 1.60. The van der Waals surface area contributed by atoms with E-state index in [0.29, 0.717) is 71.5 Å². The zero-order valence-electron chi connectivity index (χ0n) is 22.3. The fourth-order valence-corrected chi connectivity index (χ4v) is 4.66. The Labute approximate surface area is 231 Å². The molecule has 1 saturated heterocycles. The highest BCUT2D eigenvalue weighted by Crippen LogP contribution is 2.17. The quantitative estimate of drug-likeness (QED) is 0.128. The second-order valence-electron chi connectivity index (χ2n) is 9.64. The summed E-state index contributed by atoms with van der Waals surface area (Å²) in [5.74, 6) is -3.29. The third kappa shape index (κ3) is 12.5. The second-order valence-corrected chi connectivity index (χ2v) is 9.64. The highest BCUT2D eigenvalue weighted by atomic mass is 16.6. The van der Waals surface area contributed by atoms with Crippen molar-refractivity contribution in [1.29, 1.82) is 0 Å². The van der Waals surface area contributed by atoms with Crippen LogP contribution in [0.15, 0.2) is 24.3 Å². The number of carboxylic acid groups (broad SMARTS) is 3. The first kappa shape index (κ1) is 32.6. The monoisotopic (exact) mass is 567 g/mol. The lowest BCUT2D eigenvalue weighted by molar-refractivity contribution is -0.384. The van der Waals surface area contributed by atoms with Crippen LogP contribution in [0.1, 0.15) is 18.4 Å². The van der Waals surface area contributed by atoms with Gasteiger partial charge in [0.15, 0.2) is 0 Å². The van der Waals surface area contributed by atoms with E-state index in [-0.39, 0.29) is 19.0 Å². The van der Waals surface area contributed by atoms with Gasteiger partial charge in [-0.15, -0.1) is 0 Å². The number of ether oxygens (including phenoxy) is 1. The standard InChI is InChI=1S/C25H37N5O10/c31-19-40-18-28-12-10-26(8-9-27(11-13-28)15-23(32)33)14-22(29(16-24(34)35)17-25(36)37)3-1-2-20-4-6-21(7-5-20)30(38)39/h4-7,19,22H,1-3,8-18H2,(H,32,33)(H,34,35)(H,36,37). The van der Waals surface area contributed by atoms with Crippen molar-refractivity contribution in [3.8, 4) is 0 Å². The number of aryl methyl sites for hydroxylation is 1. The van der Waals surface area contributed by atoms with Gasteiger partial charge in [0.25, 0.3) is 12.2 Å². The number of hydrogen-bond acceptors (Lipinski definition) is 11. The van der Waals surface area contributed by atoms with Crippen molar-refractivity contribution in [2.75, 3.05) is 72.2 Å². The molecule has 0 radical (unpaired) electrons. The summed E-state index contributed by atoms with van der Waals surface area (Å²) < 4.78 is 4.90. The first-order valence-corrected chi connectivity index (χ1v) is 12.9. The molecular weight excluding hydrogens is 530 g/mol. The van der Waals surface area contributed by atoms with Crippen LogP contribution in [0.4, 0.5) is 5.69 Å². The van der Waals surface area contributed by atoms with Crippen LogP contribution in [-0.4, -0.2) is 142 Å². The number of nitrogens with zero attached hydrogens (tertiary/aromatic N) is 5. The van der Waals surface area contributed by atoms with E-state index in [1.165, 1.54) is 17.0 Å². The Balaban J connectivity index is 2.19. The highest BCUT2D eigenvalue weighted by Gasteiger charge is 2.27. The molecule has 0 amide bonds. The van der Waals surface area contributed by atoms with E-state index in [9.17, 15) is 44.6 Å². The topological polar surface area (TPSA) is 194 Å². The maximum Gasteiger partial charge on any atom is 0.317 e. The fourth-order valence-electron chi connectivity index (χ4n) is 4.66. The Hall–Kier alpha value is -3.66. The lowest BCUT2D eigenvalue weighted by atomic mass is 10.0. The van der Waals surface area contributed by atoms with Crippen LogP contribution in [0.3, 0.4) is 0 Å². The van der Waals surface area contributed by atoms with E-state index < -0.39 is 42.0 Å². The van der Waals surface area contributed by atoms with Crippen molar-refractivity contribution in [3.05, 3.63) is 39.9 Å². The number of benzene rings is 1. The van der Waals surface area contributed by atoms with Crippen molar-refractivity contribution in [3.63, 3.8) is 0 Å². The molecule has 1 aliphatic heterocycles. The third-order valence-corrected chi connectivity index (χ3v) is 6.69. The van der Waals surface area contributed by atoms with Crippen LogP contribution in [0.2, 0.25) is 0 Å². The van der Waals surface area contributed by atoms with Crippen LogP contribution in [-0.2, 0) is 30.3 Å². The summed E-state index contributed by atoms with van der Waals surface area (Å²) in [7, 11) is 0. The lowest BCUT2D eigenvalue weighted by Crippen LogP contribution is -2.50. The normalized spacial score (nSPS) is 16.4. The van der Waals surface area contributed by atoms with Gasteiger partial charge >= 0.3 is 17.9 Å². The minimum atomic E-state index is -1.16. The molecule has 1 unspecified atom stereocenters. The molecule has 0 aliphatic carbocycles. The molecule has 2 rings (SSSR count). The second kappa shape index (κ2) is 17.1. The minimum absolute atomic E-state index is 0.0201. The molecule has 15 nitrogen and oxygen atoms in total. The number of nitro groups is 1. The smallest absolute Gasteiger partial charge is 0.317 e. The predicted molar refractivity (Wildman–Crippen MR) is 141 cm³/mol. The average molecular weight is 568 g/mol. The number of rotatable bonds is 17. The largest absolute Gasteiger partial charge is 0.480 e. The number of non-ortho nitro benzene ring substituents is 1. The van der Waals surface area contributed by atoms with E-state index in [2.05, 4.69) is 0 Å². The van der Waals surface area contributed by atoms with Gasteiger partial charge in [-0.3, -0.25) is 48.9 Å². The average Bonchev–Trinajstić information content (AvgIpc) is 2.97. The van der Waals surface area contributed by atoms with Gasteiger partial charge in [-0.05, 0) is 24.8 Å². The molecule has 0 bridgehead atoms. The number of carbonyl (C=O) groups is 4. The Kier molecular flexibility index (Phi) is 13.9. The fraction of sp³-hybridized carbons (Fsp3) is 0.600. The van der Waals surface area contributed by atoms with Crippen LogP contribution >= 0.6 is 0 Å². The van der Waals surface area contributed by atoms with Crippen LogP contribution < -0.4 is 0 Å². The van der Waals surface area contributed by atoms with Crippen molar-refractivity contribution < 1.29 is 44.2 Å². The van der Waals surface area contributed by atoms with E-state index in [4.69, 9.17) is 4.74 Å². The summed E-state index contributed by atoms with van der Waals surface area (Å²) in [6.45, 7) is 2.48.